The van der Waals surface area contributed by atoms with Crippen LogP contribution in [0.3, 0.4) is 0 Å². The maximum absolute atomic E-state index is 13.5. The van der Waals surface area contributed by atoms with Gasteiger partial charge in [0, 0.05) is 54.7 Å². The van der Waals surface area contributed by atoms with Gasteiger partial charge in [0.2, 0.25) is 11.8 Å². The molecule has 42 heavy (non-hydrogen) atoms. The van der Waals surface area contributed by atoms with E-state index in [4.69, 9.17) is 39.5 Å². The molecule has 2 aliphatic rings. The van der Waals surface area contributed by atoms with Gasteiger partial charge in [-0.05, 0) is 57.2 Å². The number of nitrogens with zero attached hydrogens (tertiary/aromatic N) is 5. The Labute approximate surface area is 258 Å². The minimum Gasteiger partial charge on any atom is -0.444 e. The minimum atomic E-state index is -0.800. The van der Waals surface area contributed by atoms with Crippen molar-refractivity contribution in [3.63, 3.8) is 0 Å². The third-order valence-electron chi connectivity index (χ3n) is 7.22. The van der Waals surface area contributed by atoms with Gasteiger partial charge in [0.05, 0.1) is 22.3 Å². The number of amides is 3. The molecule has 0 aliphatic carbocycles. The van der Waals surface area contributed by atoms with E-state index in [0.29, 0.717) is 45.7 Å². The first-order chi connectivity index (χ1) is 19.9. The number of halogens is 3. The Morgan fingerprint density at radius 1 is 1.05 bits per heavy atom. The van der Waals surface area contributed by atoms with Crippen molar-refractivity contribution in [2.24, 2.45) is 5.92 Å². The first-order valence-corrected chi connectivity index (χ1v) is 14.7. The third kappa shape index (κ3) is 6.66. The standard InChI is InChI=1S/C29H31Cl3N6O4/c1-29(2,3)42-28(41)37-15-20(38-16-23(34-35-38)26-21(31)5-4-6-22(26)32)12-24(37)27(40)33-13-17-11-25(39)36(14-17)19-9-7-18(30)8-10-19/h4-10,16-17,20,24H,11-15H2,1-3H3,(H,33,40)/t17?,20?,24-/m1/s1. The molecular weight excluding hydrogens is 603 g/mol. The molecule has 3 amide bonds. The van der Waals surface area contributed by atoms with E-state index in [1.54, 1.807) is 79.0 Å². The summed E-state index contributed by atoms with van der Waals surface area (Å²) in [5.74, 6) is -0.425. The summed E-state index contributed by atoms with van der Waals surface area (Å²) < 4.78 is 7.25. The number of carbonyl (C=O) groups is 3. The van der Waals surface area contributed by atoms with Crippen molar-refractivity contribution < 1.29 is 19.1 Å². The smallest absolute Gasteiger partial charge is 0.411 e. The summed E-state index contributed by atoms with van der Waals surface area (Å²) >= 11 is 18.7. The van der Waals surface area contributed by atoms with Gasteiger partial charge in [-0.25, -0.2) is 9.48 Å². The van der Waals surface area contributed by atoms with Gasteiger partial charge in [-0.15, -0.1) is 5.10 Å². The third-order valence-corrected chi connectivity index (χ3v) is 8.10. The molecule has 0 radical (unpaired) electrons. The molecule has 13 heteroatoms. The Morgan fingerprint density at radius 2 is 1.74 bits per heavy atom. The van der Waals surface area contributed by atoms with Crippen LogP contribution >= 0.6 is 34.8 Å². The van der Waals surface area contributed by atoms with Gasteiger partial charge < -0.3 is 15.0 Å². The van der Waals surface area contributed by atoms with Gasteiger partial charge in [0.25, 0.3) is 0 Å². The lowest BCUT2D eigenvalue weighted by molar-refractivity contribution is -0.125. The van der Waals surface area contributed by atoms with Crippen molar-refractivity contribution in [3.8, 4) is 11.3 Å². The van der Waals surface area contributed by atoms with E-state index in [2.05, 4.69) is 15.6 Å². The molecule has 222 valence electrons. The topological polar surface area (TPSA) is 110 Å². The van der Waals surface area contributed by atoms with E-state index in [0.717, 1.165) is 5.69 Å². The lowest BCUT2D eigenvalue weighted by Crippen LogP contribution is -2.48. The maximum Gasteiger partial charge on any atom is 0.411 e. The predicted octanol–water partition coefficient (Wildman–Crippen LogP) is 5.63. The average Bonchev–Trinajstić information content (AvgIpc) is 3.65. The Hall–Kier alpha value is -3.34. The van der Waals surface area contributed by atoms with Crippen LogP contribution in [0.1, 0.15) is 39.7 Å². The molecule has 1 aromatic heterocycles. The Bertz CT molecular complexity index is 1470. The lowest BCUT2D eigenvalue weighted by atomic mass is 10.1. The molecule has 2 saturated heterocycles. The Morgan fingerprint density at radius 3 is 2.40 bits per heavy atom. The fourth-order valence-corrected chi connectivity index (χ4v) is 5.96. The van der Waals surface area contributed by atoms with Crippen molar-refractivity contribution in [1.29, 1.82) is 0 Å². The second-order valence-corrected chi connectivity index (χ2v) is 12.8. The van der Waals surface area contributed by atoms with Crippen LogP contribution in [0.2, 0.25) is 15.1 Å². The van der Waals surface area contributed by atoms with Crippen molar-refractivity contribution in [1.82, 2.24) is 25.2 Å². The van der Waals surface area contributed by atoms with E-state index in [1.165, 1.54) is 4.90 Å². The summed E-state index contributed by atoms with van der Waals surface area (Å²) in [6.45, 7) is 6.27. The second-order valence-electron chi connectivity index (χ2n) is 11.5. The summed E-state index contributed by atoms with van der Waals surface area (Å²) in [4.78, 5) is 42.5. The summed E-state index contributed by atoms with van der Waals surface area (Å²) in [5, 5.41) is 12.9. The predicted molar refractivity (Wildman–Crippen MR) is 161 cm³/mol. The number of likely N-dealkylation sites (tertiary alicyclic amines) is 1. The van der Waals surface area contributed by atoms with Crippen molar-refractivity contribution in [3.05, 3.63) is 63.7 Å². The number of rotatable bonds is 6. The van der Waals surface area contributed by atoms with Gasteiger partial charge in [0.1, 0.15) is 17.3 Å². The normalized spacial score (nSPS) is 20.7. The monoisotopic (exact) mass is 632 g/mol. The number of benzene rings is 2. The van der Waals surface area contributed by atoms with Gasteiger partial charge in [-0.3, -0.25) is 14.5 Å². The number of hydrogen-bond acceptors (Lipinski definition) is 6. The molecule has 0 spiro atoms. The number of aromatic nitrogens is 3. The molecule has 10 nitrogen and oxygen atoms in total. The number of anilines is 1. The molecule has 2 aliphatic heterocycles. The Kier molecular flexibility index (Phi) is 8.68. The van der Waals surface area contributed by atoms with Crippen LogP contribution in [0.15, 0.2) is 48.7 Å². The molecule has 0 bridgehead atoms. The van der Waals surface area contributed by atoms with Crippen LogP contribution in [0.25, 0.3) is 11.3 Å². The van der Waals surface area contributed by atoms with Crippen molar-refractivity contribution >= 4 is 58.4 Å². The van der Waals surface area contributed by atoms with Crippen LogP contribution in [0, 0.1) is 5.92 Å². The van der Waals surface area contributed by atoms with Crippen LogP contribution in [0.4, 0.5) is 10.5 Å². The molecule has 3 aromatic rings. The van der Waals surface area contributed by atoms with Gasteiger partial charge in [-0.2, -0.15) is 0 Å². The van der Waals surface area contributed by atoms with Gasteiger partial charge in [-0.1, -0.05) is 46.1 Å². The Balaban J connectivity index is 1.29. The molecule has 2 unspecified atom stereocenters. The van der Waals surface area contributed by atoms with E-state index >= 15 is 0 Å². The van der Waals surface area contributed by atoms with Crippen molar-refractivity contribution in [2.45, 2.75) is 51.3 Å². The summed E-state index contributed by atoms with van der Waals surface area (Å²) in [5.41, 5.74) is 1.06. The highest BCUT2D eigenvalue weighted by Crippen LogP contribution is 2.35. The zero-order valence-electron chi connectivity index (χ0n) is 23.4. The first kappa shape index (κ1) is 30.1. The molecule has 2 fully saturated rings. The van der Waals surface area contributed by atoms with E-state index in [-0.39, 0.29) is 36.9 Å². The molecule has 0 saturated carbocycles. The number of hydrogen-bond donors (Lipinski definition) is 1. The number of nitrogens with one attached hydrogen (secondary N) is 1. The zero-order valence-corrected chi connectivity index (χ0v) is 25.7. The molecule has 3 heterocycles. The average molecular weight is 634 g/mol. The van der Waals surface area contributed by atoms with Crippen molar-refractivity contribution in [2.75, 3.05) is 24.5 Å². The number of ether oxygens (including phenoxy) is 1. The van der Waals surface area contributed by atoms with Gasteiger partial charge >= 0.3 is 6.09 Å². The van der Waals surface area contributed by atoms with Crippen LogP contribution in [-0.2, 0) is 14.3 Å². The SMILES string of the molecule is CC(C)(C)OC(=O)N1CC(n2cc(-c3c(Cl)cccc3Cl)nn2)C[C@@H]1C(=O)NCC1CC(=O)N(c2ccc(Cl)cc2)C1. The number of carbonyl (C=O) groups excluding carboxylic acids is 3. The highest BCUT2D eigenvalue weighted by atomic mass is 35.5. The molecular formula is C29H31Cl3N6O4. The largest absolute Gasteiger partial charge is 0.444 e. The summed E-state index contributed by atoms with van der Waals surface area (Å²) in [6.07, 6.45) is 1.72. The van der Waals surface area contributed by atoms with Crippen LogP contribution in [-0.4, -0.2) is 69.1 Å². The minimum absolute atomic E-state index is 0.0199. The molecule has 5 rings (SSSR count). The second kappa shape index (κ2) is 12.1. The molecule has 2 aromatic carbocycles. The fourth-order valence-electron chi connectivity index (χ4n) is 5.24. The highest BCUT2D eigenvalue weighted by molar-refractivity contribution is 6.39. The van der Waals surface area contributed by atoms with Crippen LogP contribution in [0.5, 0.6) is 0 Å². The van der Waals surface area contributed by atoms with Crippen LogP contribution < -0.4 is 10.2 Å². The lowest BCUT2D eigenvalue weighted by Gasteiger charge is -2.28. The molecule has 1 N–H and O–H groups in total. The first-order valence-electron chi connectivity index (χ1n) is 13.6. The van der Waals surface area contributed by atoms with E-state index in [9.17, 15) is 14.4 Å². The van der Waals surface area contributed by atoms with Gasteiger partial charge in [0.15, 0.2) is 0 Å². The quantitative estimate of drug-likeness (QED) is 0.377. The fraction of sp³-hybridized carbons (Fsp3) is 0.414. The molecule has 3 atom stereocenters. The highest BCUT2D eigenvalue weighted by Gasteiger charge is 2.43. The summed E-state index contributed by atoms with van der Waals surface area (Å²) in [7, 11) is 0. The van der Waals surface area contributed by atoms with E-state index < -0.39 is 17.7 Å². The summed E-state index contributed by atoms with van der Waals surface area (Å²) in [6, 6.07) is 11.1. The van der Waals surface area contributed by atoms with E-state index in [1.807, 2.05) is 0 Å². The zero-order chi connectivity index (χ0) is 30.2. The maximum atomic E-state index is 13.5.